The Balaban J connectivity index is 2.17. The van der Waals surface area contributed by atoms with Crippen LogP contribution in [0.5, 0.6) is 0 Å². The van der Waals surface area contributed by atoms with Gasteiger partial charge in [0.2, 0.25) is 0 Å². The van der Waals surface area contributed by atoms with E-state index in [1.165, 1.54) is 6.42 Å². The first kappa shape index (κ1) is 14.5. The van der Waals surface area contributed by atoms with Crippen LogP contribution in [0, 0.1) is 0 Å². The van der Waals surface area contributed by atoms with Crippen LogP contribution in [0.1, 0.15) is 67.0 Å². The molecule has 110 valence electrons. The molecule has 1 aliphatic carbocycles. The first-order valence-corrected chi connectivity index (χ1v) is 6.98. The number of aliphatic carboxylic acids is 1. The first-order valence-electron chi connectivity index (χ1n) is 6.98. The van der Waals surface area contributed by atoms with Crippen molar-refractivity contribution in [2.45, 2.75) is 57.4 Å². The molecule has 1 saturated carbocycles. The Labute approximate surface area is 116 Å². The summed E-state index contributed by atoms with van der Waals surface area (Å²) in [4.78, 5) is 21.8. The summed E-state index contributed by atoms with van der Waals surface area (Å²) in [5.74, 6) is -1.74. The average Bonchev–Trinajstić information content (AvgIpc) is 2.83. The molecule has 0 spiro atoms. The molecule has 7 nitrogen and oxygen atoms in total. The maximum absolute atomic E-state index is 11.2. The van der Waals surface area contributed by atoms with E-state index in [9.17, 15) is 14.7 Å². The van der Waals surface area contributed by atoms with Crippen LogP contribution >= 0.6 is 0 Å². The minimum Gasteiger partial charge on any atom is -0.481 e. The second-order valence-electron chi connectivity index (χ2n) is 5.18. The summed E-state index contributed by atoms with van der Waals surface area (Å²) in [5, 5.41) is 25.5. The molecule has 1 aromatic heterocycles. The van der Waals surface area contributed by atoms with E-state index in [-0.39, 0.29) is 18.0 Å². The van der Waals surface area contributed by atoms with Gasteiger partial charge in [-0.15, -0.1) is 5.10 Å². The average molecular weight is 281 g/mol. The molecule has 1 aliphatic rings. The number of carbonyl (C=O) groups is 2. The number of carboxylic acids is 2. The van der Waals surface area contributed by atoms with Gasteiger partial charge in [-0.05, 0) is 19.3 Å². The molecule has 0 saturated heterocycles. The maximum atomic E-state index is 11.2. The van der Waals surface area contributed by atoms with E-state index in [0.717, 1.165) is 25.7 Å². The lowest BCUT2D eigenvalue weighted by Gasteiger charge is -2.22. The van der Waals surface area contributed by atoms with Gasteiger partial charge < -0.3 is 10.2 Å². The summed E-state index contributed by atoms with van der Waals surface area (Å²) in [7, 11) is 0. The molecule has 0 bridgehead atoms. The molecule has 0 aliphatic heterocycles. The molecule has 1 heterocycles. The third-order valence-corrected chi connectivity index (χ3v) is 3.73. The normalized spacial score (nSPS) is 16.2. The number of aromatic carboxylic acids is 1. The van der Waals surface area contributed by atoms with Crippen LogP contribution in [0.2, 0.25) is 0 Å². The molecule has 0 aromatic carbocycles. The van der Waals surface area contributed by atoms with E-state index in [0.29, 0.717) is 18.7 Å². The zero-order valence-electron chi connectivity index (χ0n) is 11.3. The number of aryl methyl sites for hydroxylation is 1. The fourth-order valence-corrected chi connectivity index (χ4v) is 2.80. The molecule has 20 heavy (non-hydrogen) atoms. The van der Waals surface area contributed by atoms with Crippen molar-refractivity contribution in [1.29, 1.82) is 0 Å². The second kappa shape index (κ2) is 6.49. The SMILES string of the molecule is O=C(O)CCCn1nnc(C(=O)O)c1C1CCCCC1. The molecule has 0 atom stereocenters. The van der Waals surface area contributed by atoms with Gasteiger partial charge in [0.05, 0.1) is 5.69 Å². The molecular weight excluding hydrogens is 262 g/mol. The highest BCUT2D eigenvalue weighted by molar-refractivity contribution is 5.86. The minimum atomic E-state index is -1.06. The third-order valence-electron chi connectivity index (χ3n) is 3.73. The van der Waals surface area contributed by atoms with Gasteiger partial charge in [0.1, 0.15) is 0 Å². The van der Waals surface area contributed by atoms with Crippen molar-refractivity contribution in [3.63, 3.8) is 0 Å². The summed E-state index contributed by atoms with van der Waals surface area (Å²) in [5.41, 5.74) is 0.690. The largest absolute Gasteiger partial charge is 0.481 e. The number of aromatic nitrogens is 3. The molecule has 2 rings (SSSR count). The molecule has 1 fully saturated rings. The highest BCUT2D eigenvalue weighted by Gasteiger charge is 2.27. The summed E-state index contributed by atoms with van der Waals surface area (Å²) >= 11 is 0. The topological polar surface area (TPSA) is 105 Å². The van der Waals surface area contributed by atoms with Gasteiger partial charge in [-0.1, -0.05) is 24.5 Å². The lowest BCUT2D eigenvalue weighted by molar-refractivity contribution is -0.137. The molecule has 7 heteroatoms. The Hall–Kier alpha value is -1.92. The van der Waals surface area contributed by atoms with Crippen LogP contribution in [0.3, 0.4) is 0 Å². The fourth-order valence-electron chi connectivity index (χ4n) is 2.80. The van der Waals surface area contributed by atoms with Gasteiger partial charge in [-0.3, -0.25) is 4.79 Å². The van der Waals surface area contributed by atoms with Crippen LogP contribution in [0.15, 0.2) is 0 Å². The zero-order chi connectivity index (χ0) is 14.5. The number of hydrogen-bond acceptors (Lipinski definition) is 4. The van der Waals surface area contributed by atoms with Gasteiger partial charge in [0, 0.05) is 18.9 Å². The Morgan fingerprint density at radius 3 is 2.50 bits per heavy atom. The van der Waals surface area contributed by atoms with E-state index < -0.39 is 11.9 Å². The third kappa shape index (κ3) is 3.34. The number of hydrogen-bond donors (Lipinski definition) is 2. The van der Waals surface area contributed by atoms with Crippen LogP contribution in [0.4, 0.5) is 0 Å². The smallest absolute Gasteiger partial charge is 0.358 e. The van der Waals surface area contributed by atoms with Gasteiger partial charge in [-0.25, -0.2) is 9.48 Å². The van der Waals surface area contributed by atoms with Gasteiger partial charge in [0.25, 0.3) is 0 Å². The maximum Gasteiger partial charge on any atom is 0.358 e. The van der Waals surface area contributed by atoms with E-state index >= 15 is 0 Å². The first-order chi connectivity index (χ1) is 9.59. The monoisotopic (exact) mass is 281 g/mol. The predicted octanol–water partition coefficient (Wildman–Crippen LogP) is 1.89. The molecule has 0 unspecified atom stereocenters. The summed E-state index contributed by atoms with van der Waals surface area (Å²) in [6.45, 7) is 0.401. The minimum absolute atomic E-state index is 0.0206. The van der Waals surface area contributed by atoms with Gasteiger partial charge >= 0.3 is 11.9 Å². The van der Waals surface area contributed by atoms with E-state index in [1.54, 1.807) is 4.68 Å². The van der Waals surface area contributed by atoms with Crippen molar-refractivity contribution in [2.24, 2.45) is 0 Å². The Kier molecular flexibility index (Phi) is 4.70. The van der Waals surface area contributed by atoms with Crippen molar-refractivity contribution < 1.29 is 19.8 Å². The quantitative estimate of drug-likeness (QED) is 0.824. The van der Waals surface area contributed by atoms with Crippen molar-refractivity contribution in [3.05, 3.63) is 11.4 Å². The Bertz CT molecular complexity index is 492. The summed E-state index contributed by atoms with van der Waals surface area (Å²) in [6, 6.07) is 0. The number of carboxylic acid groups (broad SMARTS) is 2. The second-order valence-corrected chi connectivity index (χ2v) is 5.18. The zero-order valence-corrected chi connectivity index (χ0v) is 11.3. The van der Waals surface area contributed by atoms with E-state index in [1.807, 2.05) is 0 Å². The molecule has 0 radical (unpaired) electrons. The highest BCUT2D eigenvalue weighted by atomic mass is 16.4. The molecular formula is C13H19N3O4. The fraction of sp³-hybridized carbons (Fsp3) is 0.692. The van der Waals surface area contributed by atoms with Crippen molar-refractivity contribution in [3.8, 4) is 0 Å². The van der Waals surface area contributed by atoms with Crippen LogP contribution in [0.25, 0.3) is 0 Å². The summed E-state index contributed by atoms with van der Waals surface area (Å²) < 4.78 is 1.59. The van der Waals surface area contributed by atoms with Crippen molar-refractivity contribution >= 4 is 11.9 Å². The van der Waals surface area contributed by atoms with Crippen LogP contribution < -0.4 is 0 Å². The van der Waals surface area contributed by atoms with E-state index in [4.69, 9.17) is 5.11 Å². The van der Waals surface area contributed by atoms with Crippen LogP contribution in [-0.2, 0) is 11.3 Å². The lowest BCUT2D eigenvalue weighted by Crippen LogP contribution is -2.16. The van der Waals surface area contributed by atoms with Crippen molar-refractivity contribution in [1.82, 2.24) is 15.0 Å². The van der Waals surface area contributed by atoms with E-state index in [2.05, 4.69) is 10.3 Å². The summed E-state index contributed by atoms with van der Waals surface area (Å²) in [6.07, 6.45) is 5.73. The van der Waals surface area contributed by atoms with Crippen LogP contribution in [-0.4, -0.2) is 37.1 Å². The Morgan fingerprint density at radius 2 is 1.90 bits per heavy atom. The Morgan fingerprint density at radius 1 is 1.20 bits per heavy atom. The van der Waals surface area contributed by atoms with Gasteiger partial charge in [0.15, 0.2) is 5.69 Å². The molecule has 2 N–H and O–H groups in total. The standard InChI is InChI=1S/C13H19N3O4/c17-10(18)7-4-8-16-12(9-5-2-1-3-6-9)11(13(19)20)14-15-16/h9H,1-8H2,(H,17,18)(H,19,20). The van der Waals surface area contributed by atoms with Gasteiger partial charge in [-0.2, -0.15) is 0 Å². The number of rotatable bonds is 6. The highest BCUT2D eigenvalue weighted by Crippen LogP contribution is 2.33. The molecule has 1 aromatic rings. The molecule has 0 amide bonds. The predicted molar refractivity (Wildman–Crippen MR) is 69.7 cm³/mol. The lowest BCUT2D eigenvalue weighted by atomic mass is 9.86. The van der Waals surface area contributed by atoms with Crippen molar-refractivity contribution in [2.75, 3.05) is 0 Å². The number of nitrogens with zero attached hydrogens (tertiary/aromatic N) is 3.